The number of rotatable bonds is 1. The average molecular weight is 284 g/mol. The molecule has 0 amide bonds. The van der Waals surface area contributed by atoms with Crippen LogP contribution in [-0.2, 0) is 0 Å². The van der Waals surface area contributed by atoms with Crippen molar-refractivity contribution < 1.29 is 15.0 Å². The first-order chi connectivity index (χ1) is 7.09. The molecule has 2 N–H and O–H groups in total. The molecule has 0 radical (unpaired) electrons. The van der Waals surface area contributed by atoms with Gasteiger partial charge in [-0.25, -0.2) is 9.78 Å². The van der Waals surface area contributed by atoms with Crippen LogP contribution in [0.4, 0.5) is 0 Å². The van der Waals surface area contributed by atoms with Crippen LogP contribution >= 0.6 is 17.0 Å². The minimum absolute atomic E-state index is 0. The first-order valence-electron chi connectivity index (χ1n) is 4.42. The maximum atomic E-state index is 11.0. The molecule has 0 atom stereocenters. The van der Waals surface area contributed by atoms with Crippen LogP contribution in [0.1, 0.15) is 16.1 Å². The lowest BCUT2D eigenvalue weighted by molar-refractivity contribution is 0.0699. The molecule has 1 heterocycles. The Hall–Kier alpha value is -1.62. The number of carboxylic acids is 1. The molecule has 0 aliphatic carbocycles. The molecule has 0 bridgehead atoms. The van der Waals surface area contributed by atoms with Crippen molar-refractivity contribution in [1.29, 1.82) is 0 Å². The smallest absolute Gasteiger partial charge is 0.336 e. The second kappa shape index (κ2) is 4.49. The van der Waals surface area contributed by atoms with E-state index in [2.05, 4.69) is 4.98 Å². The van der Waals surface area contributed by atoms with Crippen LogP contribution in [-0.4, -0.2) is 21.2 Å². The molecule has 84 valence electrons. The second-order valence-corrected chi connectivity index (χ2v) is 3.29. The number of hydrogen-bond acceptors (Lipinski definition) is 3. The highest BCUT2D eigenvalue weighted by Crippen LogP contribution is 2.25. The van der Waals surface area contributed by atoms with Gasteiger partial charge in [0.15, 0.2) is 0 Å². The third-order valence-electron chi connectivity index (χ3n) is 2.18. The summed E-state index contributed by atoms with van der Waals surface area (Å²) in [4.78, 5) is 15.1. The van der Waals surface area contributed by atoms with Gasteiger partial charge in [-0.15, -0.1) is 17.0 Å². The predicted octanol–water partition coefficient (Wildman–Crippen LogP) is 2.52. The van der Waals surface area contributed by atoms with Crippen molar-refractivity contribution in [2.45, 2.75) is 6.92 Å². The summed E-state index contributed by atoms with van der Waals surface area (Å²) < 4.78 is 0. The SMILES string of the molecule is Br.Cc1cc(C(=O)O)c2cccc(O)c2n1. The molecular formula is C11H10BrNO3. The molecule has 0 saturated carbocycles. The van der Waals surface area contributed by atoms with Crippen molar-refractivity contribution in [3.8, 4) is 5.75 Å². The Bertz CT molecular complexity index is 554. The molecule has 5 heteroatoms. The van der Waals surface area contributed by atoms with Crippen molar-refractivity contribution in [2.24, 2.45) is 0 Å². The number of para-hydroxylation sites is 1. The summed E-state index contributed by atoms with van der Waals surface area (Å²) in [6.45, 7) is 1.69. The van der Waals surface area contributed by atoms with E-state index in [1.807, 2.05) is 0 Å². The van der Waals surface area contributed by atoms with Crippen molar-refractivity contribution >= 4 is 33.9 Å². The summed E-state index contributed by atoms with van der Waals surface area (Å²) in [6, 6.07) is 6.20. The third-order valence-corrected chi connectivity index (χ3v) is 2.18. The molecule has 1 aromatic heterocycles. The van der Waals surface area contributed by atoms with Gasteiger partial charge in [-0.2, -0.15) is 0 Å². The number of aromatic nitrogens is 1. The number of aromatic carboxylic acids is 1. The molecule has 2 aromatic rings. The van der Waals surface area contributed by atoms with Crippen LogP contribution in [0.5, 0.6) is 5.75 Å². The highest BCUT2D eigenvalue weighted by molar-refractivity contribution is 8.93. The first-order valence-corrected chi connectivity index (χ1v) is 4.42. The molecule has 0 spiro atoms. The molecule has 16 heavy (non-hydrogen) atoms. The van der Waals surface area contributed by atoms with Gasteiger partial charge in [-0.05, 0) is 19.1 Å². The van der Waals surface area contributed by atoms with Gasteiger partial charge in [-0.1, -0.05) is 12.1 Å². The quantitative estimate of drug-likeness (QED) is 0.844. The van der Waals surface area contributed by atoms with Crippen LogP contribution in [0.25, 0.3) is 10.9 Å². The van der Waals surface area contributed by atoms with E-state index >= 15 is 0 Å². The van der Waals surface area contributed by atoms with E-state index < -0.39 is 5.97 Å². The average Bonchev–Trinajstić information content (AvgIpc) is 2.18. The molecule has 2 rings (SSSR count). The lowest BCUT2D eigenvalue weighted by Gasteiger charge is -2.04. The summed E-state index contributed by atoms with van der Waals surface area (Å²) in [5.74, 6) is -1.02. The van der Waals surface area contributed by atoms with E-state index in [1.54, 1.807) is 19.1 Å². The molecule has 0 saturated heterocycles. The Kier molecular flexibility index (Phi) is 3.49. The minimum Gasteiger partial charge on any atom is -0.506 e. The van der Waals surface area contributed by atoms with Gasteiger partial charge in [0.25, 0.3) is 0 Å². The number of aryl methyl sites for hydroxylation is 1. The number of phenolic OH excluding ortho intramolecular Hbond substituents is 1. The van der Waals surface area contributed by atoms with Gasteiger partial charge in [0.05, 0.1) is 5.56 Å². The van der Waals surface area contributed by atoms with E-state index in [-0.39, 0.29) is 28.3 Å². The zero-order valence-corrected chi connectivity index (χ0v) is 10.2. The van der Waals surface area contributed by atoms with E-state index in [0.717, 1.165) is 0 Å². The van der Waals surface area contributed by atoms with Crippen molar-refractivity contribution in [1.82, 2.24) is 4.98 Å². The van der Waals surface area contributed by atoms with Crippen molar-refractivity contribution in [2.75, 3.05) is 0 Å². The highest BCUT2D eigenvalue weighted by atomic mass is 79.9. The number of nitrogens with zero attached hydrogens (tertiary/aromatic N) is 1. The lowest BCUT2D eigenvalue weighted by atomic mass is 10.1. The number of carbonyl (C=O) groups is 1. The molecule has 0 fully saturated rings. The Morgan fingerprint density at radius 2 is 2.06 bits per heavy atom. The standard InChI is InChI=1S/C11H9NO3.BrH/c1-6-5-8(11(14)15)7-3-2-4-9(13)10(7)12-6;/h2-5,13H,1H3,(H,14,15);1H. The molecular weight excluding hydrogens is 274 g/mol. The van der Waals surface area contributed by atoms with Crippen LogP contribution in [0, 0.1) is 6.92 Å². The maximum absolute atomic E-state index is 11.0. The fourth-order valence-electron chi connectivity index (χ4n) is 1.54. The third kappa shape index (κ3) is 1.99. The van der Waals surface area contributed by atoms with Gasteiger partial charge >= 0.3 is 5.97 Å². The van der Waals surface area contributed by atoms with Crippen LogP contribution in [0.15, 0.2) is 24.3 Å². The largest absolute Gasteiger partial charge is 0.506 e. The molecule has 0 unspecified atom stereocenters. The van der Waals surface area contributed by atoms with Crippen molar-refractivity contribution in [3.05, 3.63) is 35.5 Å². The number of carboxylic acid groups (broad SMARTS) is 1. The summed E-state index contributed by atoms with van der Waals surface area (Å²) in [5, 5.41) is 19.0. The number of pyridine rings is 1. The Morgan fingerprint density at radius 3 is 2.69 bits per heavy atom. The predicted molar refractivity (Wildman–Crippen MR) is 65.4 cm³/mol. The van der Waals surface area contributed by atoms with Crippen LogP contribution in [0.2, 0.25) is 0 Å². The molecule has 1 aromatic carbocycles. The van der Waals surface area contributed by atoms with E-state index in [9.17, 15) is 9.90 Å². The summed E-state index contributed by atoms with van der Waals surface area (Å²) >= 11 is 0. The molecule has 4 nitrogen and oxygen atoms in total. The molecule has 0 aliphatic heterocycles. The highest BCUT2D eigenvalue weighted by Gasteiger charge is 2.12. The number of hydrogen-bond donors (Lipinski definition) is 2. The van der Waals surface area contributed by atoms with Gasteiger partial charge < -0.3 is 10.2 Å². The summed E-state index contributed by atoms with van der Waals surface area (Å²) in [7, 11) is 0. The summed E-state index contributed by atoms with van der Waals surface area (Å²) in [6.07, 6.45) is 0. The maximum Gasteiger partial charge on any atom is 0.336 e. The van der Waals surface area contributed by atoms with E-state index in [0.29, 0.717) is 16.6 Å². The zero-order chi connectivity index (χ0) is 11.0. The lowest BCUT2D eigenvalue weighted by Crippen LogP contribution is -2.00. The molecule has 0 aliphatic rings. The minimum atomic E-state index is -1.02. The normalized spacial score (nSPS) is 9.81. The monoisotopic (exact) mass is 283 g/mol. The fraction of sp³-hybridized carbons (Fsp3) is 0.0909. The van der Waals surface area contributed by atoms with Gasteiger partial charge in [0.2, 0.25) is 0 Å². The Morgan fingerprint density at radius 1 is 1.38 bits per heavy atom. The fourth-order valence-corrected chi connectivity index (χ4v) is 1.54. The Balaban J connectivity index is 0.00000128. The number of fused-ring (bicyclic) bond motifs is 1. The first kappa shape index (κ1) is 12.4. The van der Waals surface area contributed by atoms with Gasteiger partial charge in [0, 0.05) is 11.1 Å². The Labute approximate surface area is 102 Å². The van der Waals surface area contributed by atoms with E-state index in [4.69, 9.17) is 5.11 Å². The number of benzene rings is 1. The van der Waals surface area contributed by atoms with Crippen molar-refractivity contribution in [3.63, 3.8) is 0 Å². The van der Waals surface area contributed by atoms with Gasteiger partial charge in [0.1, 0.15) is 11.3 Å². The zero-order valence-electron chi connectivity index (χ0n) is 8.47. The number of halogens is 1. The van der Waals surface area contributed by atoms with E-state index in [1.165, 1.54) is 12.1 Å². The van der Waals surface area contributed by atoms with Crippen LogP contribution < -0.4 is 0 Å². The second-order valence-electron chi connectivity index (χ2n) is 3.29. The van der Waals surface area contributed by atoms with Crippen LogP contribution in [0.3, 0.4) is 0 Å². The topological polar surface area (TPSA) is 70.4 Å². The van der Waals surface area contributed by atoms with Gasteiger partial charge in [-0.3, -0.25) is 0 Å². The number of aromatic hydroxyl groups is 1. The summed E-state index contributed by atoms with van der Waals surface area (Å²) in [5.41, 5.74) is 1.06. The number of phenols is 1.